The van der Waals surface area contributed by atoms with Crippen molar-refractivity contribution in [3.63, 3.8) is 0 Å². The summed E-state index contributed by atoms with van der Waals surface area (Å²) in [6, 6.07) is 13.7. The number of aromatic nitrogens is 3. The monoisotopic (exact) mass is 529 g/mol. The molecule has 0 bridgehead atoms. The van der Waals surface area contributed by atoms with Crippen LogP contribution in [0.3, 0.4) is 0 Å². The van der Waals surface area contributed by atoms with Gasteiger partial charge in [0, 0.05) is 73.3 Å². The van der Waals surface area contributed by atoms with Crippen LogP contribution in [0.2, 0.25) is 0 Å². The van der Waals surface area contributed by atoms with E-state index in [0.29, 0.717) is 28.9 Å². The second kappa shape index (κ2) is 11.1. The van der Waals surface area contributed by atoms with E-state index in [1.165, 1.54) is 12.1 Å². The summed E-state index contributed by atoms with van der Waals surface area (Å²) in [6.07, 6.45) is 6.23. The van der Waals surface area contributed by atoms with Crippen molar-refractivity contribution in [3.8, 4) is 22.8 Å². The van der Waals surface area contributed by atoms with Gasteiger partial charge in [-0.3, -0.25) is 9.67 Å². The van der Waals surface area contributed by atoms with Crippen LogP contribution in [-0.2, 0) is 7.05 Å². The first-order valence-electron chi connectivity index (χ1n) is 12.8. The van der Waals surface area contributed by atoms with E-state index < -0.39 is 11.8 Å². The minimum absolute atomic E-state index is 0.0364. The van der Waals surface area contributed by atoms with Crippen molar-refractivity contribution >= 4 is 23.1 Å². The smallest absolute Gasteiger partial charge is 0.323 e. The summed E-state index contributed by atoms with van der Waals surface area (Å²) in [5.41, 5.74) is 4.60. The third kappa shape index (κ3) is 6.35. The maximum Gasteiger partial charge on any atom is 0.323 e. The average molecular weight is 530 g/mol. The largest absolute Gasteiger partial charge is 0.454 e. The number of benzene rings is 2. The van der Waals surface area contributed by atoms with Crippen molar-refractivity contribution in [3.05, 3.63) is 78.5 Å². The lowest BCUT2D eigenvalue weighted by Gasteiger charge is -2.23. The van der Waals surface area contributed by atoms with Gasteiger partial charge >= 0.3 is 6.03 Å². The summed E-state index contributed by atoms with van der Waals surface area (Å²) in [7, 11) is 6.02. The highest BCUT2D eigenvalue weighted by atomic mass is 19.1. The van der Waals surface area contributed by atoms with E-state index in [1.807, 2.05) is 32.3 Å². The summed E-state index contributed by atoms with van der Waals surface area (Å²) in [6.45, 7) is 3.92. The zero-order chi connectivity index (χ0) is 27.5. The maximum atomic E-state index is 14.9. The number of anilines is 3. The summed E-state index contributed by atoms with van der Waals surface area (Å²) < 4.78 is 22.3. The second-order valence-corrected chi connectivity index (χ2v) is 10.0. The van der Waals surface area contributed by atoms with Crippen molar-refractivity contribution in [2.75, 3.05) is 42.7 Å². The van der Waals surface area contributed by atoms with Gasteiger partial charge in [-0.1, -0.05) is 0 Å². The maximum absolute atomic E-state index is 14.9. The number of urea groups is 1. The summed E-state index contributed by atoms with van der Waals surface area (Å²) in [5, 5.41) is 9.72. The molecule has 2 amide bonds. The molecule has 5 rings (SSSR count). The number of nitrogens with one attached hydrogen (secondary N) is 2. The van der Waals surface area contributed by atoms with Crippen molar-refractivity contribution < 1.29 is 13.9 Å². The fourth-order valence-electron chi connectivity index (χ4n) is 4.68. The highest BCUT2D eigenvalue weighted by Gasteiger charge is 2.24. The van der Waals surface area contributed by atoms with Crippen LogP contribution in [0.4, 0.5) is 26.2 Å². The quantitative estimate of drug-likeness (QED) is 0.329. The molecule has 1 unspecified atom stereocenters. The highest BCUT2D eigenvalue weighted by Crippen LogP contribution is 2.30. The Hall–Kier alpha value is -4.44. The Morgan fingerprint density at radius 3 is 2.64 bits per heavy atom. The molecule has 39 heavy (non-hydrogen) atoms. The molecule has 1 saturated heterocycles. The molecule has 0 radical (unpaired) electrons. The molecule has 4 aromatic rings. The first-order valence-corrected chi connectivity index (χ1v) is 12.8. The molecule has 1 fully saturated rings. The van der Waals surface area contributed by atoms with Crippen molar-refractivity contribution in [2.45, 2.75) is 19.4 Å². The van der Waals surface area contributed by atoms with Crippen LogP contribution in [0.1, 0.15) is 12.0 Å². The number of carbonyl (C=O) groups excluding carboxylic acids is 1. The first kappa shape index (κ1) is 26.2. The van der Waals surface area contributed by atoms with Crippen molar-refractivity contribution in [2.24, 2.45) is 7.05 Å². The molecule has 10 heteroatoms. The van der Waals surface area contributed by atoms with Gasteiger partial charge in [0.15, 0.2) is 11.6 Å². The van der Waals surface area contributed by atoms with E-state index in [9.17, 15) is 9.18 Å². The molecule has 9 nitrogen and oxygen atoms in total. The zero-order valence-electron chi connectivity index (χ0n) is 22.5. The topological polar surface area (TPSA) is 87.5 Å². The van der Waals surface area contributed by atoms with E-state index in [-0.39, 0.29) is 5.75 Å². The third-order valence-corrected chi connectivity index (χ3v) is 6.73. The zero-order valence-corrected chi connectivity index (χ0v) is 22.5. The van der Waals surface area contributed by atoms with Crippen molar-refractivity contribution in [1.29, 1.82) is 0 Å². The van der Waals surface area contributed by atoms with E-state index in [4.69, 9.17) is 4.74 Å². The average Bonchev–Trinajstić information content (AvgIpc) is 3.55. The van der Waals surface area contributed by atoms with Gasteiger partial charge in [-0.2, -0.15) is 5.10 Å². The molecular weight excluding hydrogens is 497 g/mol. The molecule has 0 spiro atoms. The van der Waals surface area contributed by atoms with Crippen molar-refractivity contribution in [1.82, 2.24) is 19.7 Å². The first-order chi connectivity index (χ1) is 18.7. The third-order valence-electron chi connectivity index (χ3n) is 6.73. The molecular formula is C29H32FN7O2. The number of halogens is 1. The summed E-state index contributed by atoms with van der Waals surface area (Å²) in [4.78, 5) is 21.6. The normalized spacial score (nSPS) is 15.0. The molecule has 1 aliphatic rings. The Morgan fingerprint density at radius 2 is 1.92 bits per heavy atom. The number of hydrogen-bond acceptors (Lipinski definition) is 6. The molecule has 0 saturated carbocycles. The number of ether oxygens (including phenoxy) is 1. The lowest BCUT2D eigenvalue weighted by Crippen LogP contribution is -2.31. The summed E-state index contributed by atoms with van der Waals surface area (Å²) >= 11 is 0. The second-order valence-electron chi connectivity index (χ2n) is 10.0. The van der Waals surface area contributed by atoms with Gasteiger partial charge in [0.05, 0.1) is 11.9 Å². The lowest BCUT2D eigenvalue weighted by molar-refractivity contribution is 0.262. The minimum Gasteiger partial charge on any atom is -0.454 e. The van der Waals surface area contributed by atoms with E-state index in [1.54, 1.807) is 35.3 Å². The standard InChI is InChI=1S/C29H32FN7O2/c1-19-11-22(13-24(12-19)37-10-8-23(18-37)35(2)3)34-29(38)33-21-5-6-28(26(30)14-21)39-25-7-9-31-27(15-25)20-16-32-36(4)17-20/h5-7,9,11-17,23H,8,10,18H2,1-4H3,(H2,33,34,38). The van der Waals surface area contributed by atoms with Crippen LogP contribution >= 0.6 is 0 Å². The molecule has 2 N–H and O–H groups in total. The van der Waals surface area contributed by atoms with Crippen LogP contribution in [0.25, 0.3) is 11.3 Å². The highest BCUT2D eigenvalue weighted by molar-refractivity contribution is 6.00. The number of hydrogen-bond donors (Lipinski definition) is 2. The number of likely N-dealkylation sites (N-methyl/N-ethyl adjacent to an activating group) is 1. The molecule has 1 aliphatic heterocycles. The number of aryl methyl sites for hydroxylation is 2. The Labute approximate surface area is 227 Å². The predicted octanol–water partition coefficient (Wildman–Crippen LogP) is 5.51. The van der Waals surface area contributed by atoms with E-state index in [2.05, 4.69) is 50.7 Å². The SMILES string of the molecule is Cc1cc(NC(=O)Nc2ccc(Oc3ccnc(-c4cnn(C)c4)c3)c(F)c2)cc(N2CCC(N(C)C)C2)c1. The van der Waals surface area contributed by atoms with E-state index in [0.717, 1.165) is 36.3 Å². The minimum atomic E-state index is -0.602. The van der Waals surface area contributed by atoms with Gasteiger partial charge in [-0.05, 0) is 69.4 Å². The van der Waals surface area contributed by atoms with Crippen LogP contribution in [-0.4, -0.2) is 58.9 Å². The Bertz CT molecular complexity index is 1490. The van der Waals surface area contributed by atoms with E-state index >= 15 is 0 Å². The Morgan fingerprint density at radius 1 is 1.10 bits per heavy atom. The number of nitrogens with zero attached hydrogens (tertiary/aromatic N) is 5. The number of rotatable bonds is 7. The molecule has 0 aliphatic carbocycles. The van der Waals surface area contributed by atoms with Gasteiger partial charge in [0.25, 0.3) is 0 Å². The Kier molecular flexibility index (Phi) is 7.47. The number of pyridine rings is 1. The molecule has 3 heterocycles. The van der Waals surface area contributed by atoms with Gasteiger partial charge in [0.2, 0.25) is 0 Å². The lowest BCUT2D eigenvalue weighted by atomic mass is 10.2. The van der Waals surface area contributed by atoms with Crippen LogP contribution in [0.15, 0.2) is 67.1 Å². The van der Waals surface area contributed by atoms with Gasteiger partial charge < -0.3 is 25.2 Å². The predicted molar refractivity (Wildman–Crippen MR) is 151 cm³/mol. The fraction of sp³-hybridized carbons (Fsp3) is 0.276. The Balaban J connectivity index is 1.22. The number of carbonyl (C=O) groups is 1. The summed E-state index contributed by atoms with van der Waals surface area (Å²) in [5.74, 6) is -0.129. The molecule has 2 aromatic carbocycles. The molecule has 202 valence electrons. The van der Waals surface area contributed by atoms with Gasteiger partial charge in [-0.15, -0.1) is 0 Å². The van der Waals surface area contributed by atoms with Crippen LogP contribution in [0.5, 0.6) is 11.5 Å². The van der Waals surface area contributed by atoms with Gasteiger partial charge in [0.1, 0.15) is 5.75 Å². The van der Waals surface area contributed by atoms with Gasteiger partial charge in [-0.25, -0.2) is 9.18 Å². The van der Waals surface area contributed by atoms with Crippen LogP contribution in [0, 0.1) is 12.7 Å². The fourth-order valence-corrected chi connectivity index (χ4v) is 4.68. The molecule has 1 atom stereocenters. The van der Waals surface area contributed by atoms with Crippen LogP contribution < -0.4 is 20.3 Å². The number of amides is 2. The molecule has 2 aromatic heterocycles.